The van der Waals surface area contributed by atoms with Gasteiger partial charge >= 0.3 is 12.1 Å². The van der Waals surface area contributed by atoms with Crippen LogP contribution in [0.5, 0.6) is 0 Å². The average Bonchev–Trinajstić information content (AvgIpc) is 3.32. The number of aromatic carboxylic acids is 1. The Kier molecular flexibility index (Phi) is 4.92. The molecule has 26 heavy (non-hydrogen) atoms. The zero-order chi connectivity index (χ0) is 18.9. The van der Waals surface area contributed by atoms with Gasteiger partial charge in [0.05, 0.1) is 0 Å². The smallest absolute Gasteiger partial charge is 0.410 e. The van der Waals surface area contributed by atoms with E-state index in [0.717, 1.165) is 31.4 Å². The topological polar surface area (TPSA) is 91.8 Å². The van der Waals surface area contributed by atoms with Gasteiger partial charge in [-0.05, 0) is 57.7 Å². The summed E-state index contributed by atoms with van der Waals surface area (Å²) in [6.07, 6.45) is 4.36. The monoisotopic (exact) mass is 361 g/mol. The first kappa shape index (κ1) is 18.6. The van der Waals surface area contributed by atoms with Crippen LogP contribution in [0.25, 0.3) is 0 Å². The second-order valence-corrected chi connectivity index (χ2v) is 8.34. The molecule has 2 aliphatic rings. The van der Waals surface area contributed by atoms with Crippen molar-refractivity contribution in [2.75, 3.05) is 13.1 Å². The first-order chi connectivity index (χ1) is 12.2. The molecule has 7 heteroatoms. The van der Waals surface area contributed by atoms with E-state index < -0.39 is 11.6 Å². The quantitative estimate of drug-likeness (QED) is 0.857. The molecule has 0 aromatic carbocycles. The summed E-state index contributed by atoms with van der Waals surface area (Å²) in [5, 5.41) is 12.6. The Bertz CT molecular complexity index is 694. The number of amides is 1. The average molecular weight is 361 g/mol. The lowest BCUT2D eigenvalue weighted by molar-refractivity contribution is 0.0105. The maximum absolute atomic E-state index is 12.3. The fraction of sp³-hybridized carbons (Fsp3) is 0.632. The SMILES string of the molecule is CC(C)(C)OC(=O)N1CCC(NCc2ccnc(C(=O)O)c2)C2(CC2)C1. The van der Waals surface area contributed by atoms with E-state index in [1.54, 1.807) is 6.07 Å². The predicted molar refractivity (Wildman–Crippen MR) is 95.9 cm³/mol. The molecular weight excluding hydrogens is 334 g/mol. The van der Waals surface area contributed by atoms with Crippen LogP contribution in [0, 0.1) is 5.41 Å². The van der Waals surface area contributed by atoms with Gasteiger partial charge in [0.2, 0.25) is 0 Å². The largest absolute Gasteiger partial charge is 0.477 e. The molecule has 1 saturated heterocycles. The molecule has 1 aromatic heterocycles. The van der Waals surface area contributed by atoms with Crippen LogP contribution in [-0.2, 0) is 11.3 Å². The number of nitrogens with one attached hydrogen (secondary N) is 1. The highest BCUT2D eigenvalue weighted by molar-refractivity contribution is 5.85. The zero-order valence-corrected chi connectivity index (χ0v) is 15.6. The normalized spacial score (nSPS) is 21.5. The van der Waals surface area contributed by atoms with Crippen LogP contribution in [0.4, 0.5) is 4.79 Å². The number of rotatable bonds is 4. The van der Waals surface area contributed by atoms with Gasteiger partial charge in [-0.15, -0.1) is 0 Å². The van der Waals surface area contributed by atoms with Crippen LogP contribution in [0.1, 0.15) is 56.1 Å². The molecule has 3 rings (SSSR count). The van der Waals surface area contributed by atoms with Crippen molar-refractivity contribution in [1.82, 2.24) is 15.2 Å². The van der Waals surface area contributed by atoms with E-state index in [-0.39, 0.29) is 17.2 Å². The highest BCUT2D eigenvalue weighted by Gasteiger charge is 2.53. The van der Waals surface area contributed by atoms with Crippen LogP contribution in [0.15, 0.2) is 18.3 Å². The molecule has 0 bridgehead atoms. The standard InChI is InChI=1S/C19H27N3O4/c1-18(2,3)26-17(25)22-9-5-15(19(12-22)6-7-19)21-11-13-4-8-20-14(10-13)16(23)24/h4,8,10,15,21H,5-7,9,11-12H2,1-3H3,(H,23,24). The summed E-state index contributed by atoms with van der Waals surface area (Å²) in [5.41, 5.74) is 0.608. The van der Waals surface area contributed by atoms with E-state index >= 15 is 0 Å². The molecule has 1 spiro atoms. The Morgan fingerprint density at radius 1 is 1.42 bits per heavy atom. The molecule has 2 N–H and O–H groups in total. The Balaban J connectivity index is 1.57. The molecule has 1 aliphatic carbocycles. The van der Waals surface area contributed by atoms with Gasteiger partial charge in [-0.25, -0.2) is 14.6 Å². The van der Waals surface area contributed by atoms with Gasteiger partial charge in [0, 0.05) is 37.3 Å². The lowest BCUT2D eigenvalue weighted by Crippen LogP contribution is -2.53. The molecule has 2 fully saturated rings. The van der Waals surface area contributed by atoms with Crippen molar-refractivity contribution in [1.29, 1.82) is 0 Å². The summed E-state index contributed by atoms with van der Waals surface area (Å²) >= 11 is 0. The van der Waals surface area contributed by atoms with E-state index in [4.69, 9.17) is 9.84 Å². The first-order valence-corrected chi connectivity index (χ1v) is 9.08. The molecule has 0 radical (unpaired) electrons. The minimum Gasteiger partial charge on any atom is -0.477 e. The van der Waals surface area contributed by atoms with E-state index in [1.807, 2.05) is 31.7 Å². The Morgan fingerprint density at radius 3 is 2.77 bits per heavy atom. The van der Waals surface area contributed by atoms with Crippen molar-refractivity contribution in [3.63, 3.8) is 0 Å². The third kappa shape index (κ3) is 4.33. The van der Waals surface area contributed by atoms with Crippen LogP contribution in [0.3, 0.4) is 0 Å². The third-order valence-electron chi connectivity index (χ3n) is 5.07. The van der Waals surface area contributed by atoms with Gasteiger partial charge in [0.15, 0.2) is 0 Å². The summed E-state index contributed by atoms with van der Waals surface area (Å²) in [6, 6.07) is 3.75. The first-order valence-electron chi connectivity index (χ1n) is 9.08. The molecule has 1 saturated carbocycles. The molecule has 1 unspecified atom stereocenters. The van der Waals surface area contributed by atoms with Gasteiger partial charge in [-0.3, -0.25) is 0 Å². The van der Waals surface area contributed by atoms with Gasteiger partial charge in [0.1, 0.15) is 11.3 Å². The van der Waals surface area contributed by atoms with Crippen LogP contribution in [0.2, 0.25) is 0 Å². The number of hydrogen-bond donors (Lipinski definition) is 2. The van der Waals surface area contributed by atoms with Gasteiger partial charge in [-0.1, -0.05) is 0 Å². The molecule has 2 heterocycles. The third-order valence-corrected chi connectivity index (χ3v) is 5.07. The zero-order valence-electron chi connectivity index (χ0n) is 15.6. The summed E-state index contributed by atoms with van der Waals surface area (Å²) in [4.78, 5) is 29.0. The maximum atomic E-state index is 12.3. The molecule has 1 amide bonds. The van der Waals surface area contributed by atoms with Crippen molar-refractivity contribution < 1.29 is 19.4 Å². The molecule has 1 aliphatic heterocycles. The van der Waals surface area contributed by atoms with Gasteiger partial charge < -0.3 is 20.1 Å². The number of carboxylic acid groups (broad SMARTS) is 1. The van der Waals surface area contributed by atoms with E-state index in [1.165, 1.54) is 6.20 Å². The van der Waals surface area contributed by atoms with Gasteiger partial charge in [-0.2, -0.15) is 0 Å². The summed E-state index contributed by atoms with van der Waals surface area (Å²) in [6.45, 7) is 7.63. The van der Waals surface area contributed by atoms with E-state index in [0.29, 0.717) is 19.1 Å². The second-order valence-electron chi connectivity index (χ2n) is 8.34. The van der Waals surface area contributed by atoms with Crippen molar-refractivity contribution in [2.45, 2.75) is 58.2 Å². The number of carboxylic acids is 1. The fourth-order valence-corrected chi connectivity index (χ4v) is 3.57. The number of hydrogen-bond acceptors (Lipinski definition) is 5. The van der Waals surface area contributed by atoms with Crippen molar-refractivity contribution >= 4 is 12.1 Å². The maximum Gasteiger partial charge on any atom is 0.410 e. The molecule has 1 atom stereocenters. The van der Waals surface area contributed by atoms with Crippen molar-refractivity contribution in [3.05, 3.63) is 29.6 Å². The number of carbonyl (C=O) groups is 2. The number of pyridine rings is 1. The lowest BCUT2D eigenvalue weighted by atomic mass is 9.89. The fourth-order valence-electron chi connectivity index (χ4n) is 3.57. The minimum absolute atomic E-state index is 0.0604. The van der Waals surface area contributed by atoms with Crippen molar-refractivity contribution in [2.24, 2.45) is 5.41 Å². The van der Waals surface area contributed by atoms with Gasteiger partial charge in [0.25, 0.3) is 0 Å². The number of nitrogens with zero attached hydrogens (tertiary/aromatic N) is 2. The molecule has 1 aromatic rings. The van der Waals surface area contributed by atoms with Crippen LogP contribution < -0.4 is 5.32 Å². The number of ether oxygens (including phenoxy) is 1. The summed E-state index contributed by atoms with van der Waals surface area (Å²) < 4.78 is 5.50. The molecule has 142 valence electrons. The number of aromatic nitrogens is 1. The summed E-state index contributed by atoms with van der Waals surface area (Å²) in [5.74, 6) is -1.02. The number of piperidine rings is 1. The predicted octanol–water partition coefficient (Wildman–Crippen LogP) is 2.66. The van der Waals surface area contributed by atoms with E-state index in [2.05, 4.69) is 10.3 Å². The Labute approximate surface area is 153 Å². The highest BCUT2D eigenvalue weighted by atomic mass is 16.6. The van der Waals surface area contributed by atoms with Crippen LogP contribution in [-0.4, -0.2) is 51.8 Å². The van der Waals surface area contributed by atoms with E-state index in [9.17, 15) is 9.59 Å². The second kappa shape index (κ2) is 6.87. The molecule has 7 nitrogen and oxygen atoms in total. The van der Waals surface area contributed by atoms with Crippen molar-refractivity contribution in [3.8, 4) is 0 Å². The van der Waals surface area contributed by atoms with Crippen LogP contribution >= 0.6 is 0 Å². The molecular formula is C19H27N3O4. The lowest BCUT2D eigenvalue weighted by Gasteiger charge is -2.40. The Hall–Kier alpha value is -2.15. The minimum atomic E-state index is -1.02. The summed E-state index contributed by atoms with van der Waals surface area (Å²) in [7, 11) is 0. The number of likely N-dealkylation sites (tertiary alicyclic amines) is 1. The Morgan fingerprint density at radius 2 is 2.15 bits per heavy atom. The number of carbonyl (C=O) groups excluding carboxylic acids is 1. The highest BCUT2D eigenvalue weighted by Crippen LogP contribution is 2.52.